The summed E-state index contributed by atoms with van der Waals surface area (Å²) in [6.07, 6.45) is 28.2. The minimum atomic E-state index is -0.366. The smallest absolute Gasteiger partial charge is 0.339 e. The molecule has 18 nitrogen and oxygen atoms in total. The van der Waals surface area contributed by atoms with Crippen molar-refractivity contribution in [1.82, 2.24) is 0 Å². The van der Waals surface area contributed by atoms with Crippen LogP contribution >= 0.6 is 407 Å². The van der Waals surface area contributed by atoms with Gasteiger partial charge in [-0.2, -0.15) is 0 Å². The number of rotatable bonds is 20. The molecule has 0 bridgehead atoms. The molecule has 2 saturated carbocycles. The molecule has 0 radical (unpaired) electrons. The van der Waals surface area contributed by atoms with Gasteiger partial charge < -0.3 is 60.3 Å². The summed E-state index contributed by atoms with van der Waals surface area (Å²) in [6, 6.07) is 24.2. The second-order valence-corrected chi connectivity index (χ2v) is 58.1. The second kappa shape index (κ2) is 58.6. The molecule has 14 rings (SSSR count). The molecule has 36 heteroatoms. The molecule has 6 aliphatic heterocycles. The molecular weight excluding hydrogens is 3730 g/mol. The first-order valence-electron chi connectivity index (χ1n) is 46.2. The predicted octanol–water partition coefficient (Wildman–Crippen LogP) is 23.0. The zero-order chi connectivity index (χ0) is 97.4. The number of carbonyl (C=O) groups excluding carboxylic acids is 6. The van der Waals surface area contributed by atoms with Crippen molar-refractivity contribution in [1.29, 1.82) is 0 Å². The summed E-state index contributed by atoms with van der Waals surface area (Å²) in [6.45, 7) is 27.8. The SMILES string of the molecule is CC(C)(C)C1(OC(=O)c2cc(I)cc(I)c2I)CC[NH2+]CC1.CC(C)C1(OC(=O)c2cc(I)cc(I)c2I)CC[NH2+]CC1.CCCC1(OC(=O)c2cc(I)cc(I)c2I)CC[NH2+]CC1.CCCCC1(OC(=O)c2cc(I)cc(I)c2I)CC[NH2+]CC1.O=C(OC1(C2CCCC2)CC[NH2+]CC1)c1cc(I)cc(I)c1I.O=C(OC1(C2CCCCC2)CC[NH2+]CC1)c1cc(I)cc(I)c1I. The molecule has 6 heterocycles. The third-order valence-electron chi connectivity index (χ3n) is 27.0. The lowest BCUT2D eigenvalue weighted by molar-refractivity contribution is -0.669. The van der Waals surface area contributed by atoms with E-state index in [0.717, 1.165) is 263 Å². The van der Waals surface area contributed by atoms with Crippen molar-refractivity contribution >= 4 is 442 Å². The van der Waals surface area contributed by atoms with E-state index in [1.54, 1.807) is 0 Å². The maximum absolute atomic E-state index is 13.0. The molecule has 8 fully saturated rings. The van der Waals surface area contributed by atoms with Crippen LogP contribution in [-0.4, -0.2) is 148 Å². The zero-order valence-corrected chi connectivity index (χ0v) is 115. The number of quaternary nitrogens is 6. The molecule has 6 aromatic carbocycles. The van der Waals surface area contributed by atoms with E-state index in [1.807, 2.05) is 36.4 Å². The van der Waals surface area contributed by atoms with Crippen molar-refractivity contribution < 1.29 is 89.1 Å². The fourth-order valence-electron chi connectivity index (χ4n) is 19.3. The van der Waals surface area contributed by atoms with Crippen molar-refractivity contribution in [3.8, 4) is 0 Å². The number of carbonyl (C=O) groups is 6. The number of hydrogen-bond donors (Lipinski definition) is 6. The Kier molecular flexibility index (Phi) is 53.6. The van der Waals surface area contributed by atoms with Gasteiger partial charge in [-0.25, -0.2) is 28.8 Å². The van der Waals surface area contributed by atoms with E-state index in [-0.39, 0.29) is 74.8 Å². The number of nitrogens with two attached hydrogens (primary N) is 6. The summed E-state index contributed by atoms with van der Waals surface area (Å²) in [5, 5.41) is 13.9. The van der Waals surface area contributed by atoms with Gasteiger partial charge in [0.05, 0.1) is 112 Å². The lowest BCUT2D eigenvalue weighted by Crippen LogP contribution is -2.88. The normalized spacial score (nSPS) is 19.0. The van der Waals surface area contributed by atoms with Gasteiger partial charge in [-0.05, 0) is 542 Å². The highest BCUT2D eigenvalue weighted by Gasteiger charge is 2.51. The molecule has 734 valence electrons. The number of unbranched alkanes of at least 4 members (excludes halogenated alkanes) is 1. The van der Waals surface area contributed by atoms with E-state index in [1.165, 1.54) is 57.8 Å². The molecule has 0 unspecified atom stereocenters. The maximum atomic E-state index is 13.0. The first-order valence-corrected chi connectivity index (χ1v) is 65.6. The first-order chi connectivity index (χ1) is 63.0. The number of ether oxygens (including phenoxy) is 6. The number of benzene rings is 6. The van der Waals surface area contributed by atoms with Crippen molar-refractivity contribution in [3.05, 3.63) is 170 Å². The van der Waals surface area contributed by atoms with Crippen LogP contribution in [0.4, 0.5) is 0 Å². The molecular formula is C97H124I18N6O12+6. The third kappa shape index (κ3) is 35.3. The highest BCUT2D eigenvalue weighted by Crippen LogP contribution is 2.46. The lowest BCUT2D eigenvalue weighted by atomic mass is 9.71. The van der Waals surface area contributed by atoms with Crippen LogP contribution in [0.5, 0.6) is 0 Å². The van der Waals surface area contributed by atoms with Crippen molar-refractivity contribution in [3.63, 3.8) is 0 Å². The Hall–Kier alpha value is 5.04. The van der Waals surface area contributed by atoms with Gasteiger partial charge in [0.15, 0.2) is 0 Å². The Labute approximate surface area is 1030 Å². The number of halogens is 18. The average Bonchev–Trinajstić information content (AvgIpc) is 1.70. The summed E-state index contributed by atoms with van der Waals surface area (Å²) in [5.74, 6) is 0.523. The third-order valence-corrected chi connectivity index (χ3v) is 49.0. The van der Waals surface area contributed by atoms with E-state index in [2.05, 4.69) is 523 Å². The number of hydrogen-bond acceptors (Lipinski definition) is 12. The van der Waals surface area contributed by atoms with Gasteiger partial charge in [-0.3, -0.25) is 0 Å². The predicted molar refractivity (Wildman–Crippen MR) is 679 cm³/mol. The maximum Gasteiger partial charge on any atom is 0.339 e. The summed E-state index contributed by atoms with van der Waals surface area (Å²) < 4.78 is 56.0. The lowest BCUT2D eigenvalue weighted by Gasteiger charge is -2.45. The summed E-state index contributed by atoms with van der Waals surface area (Å²) in [7, 11) is 0. The van der Waals surface area contributed by atoms with E-state index in [0.29, 0.717) is 40.0 Å². The molecule has 12 N–H and O–H groups in total. The van der Waals surface area contributed by atoms with Crippen LogP contribution in [0.1, 0.15) is 278 Å². The van der Waals surface area contributed by atoms with Gasteiger partial charge >= 0.3 is 35.8 Å². The highest BCUT2D eigenvalue weighted by atomic mass is 127. The monoisotopic (exact) mass is 3850 g/mol. The van der Waals surface area contributed by atoms with Crippen molar-refractivity contribution in [2.75, 3.05) is 78.5 Å². The zero-order valence-electron chi connectivity index (χ0n) is 76.2. The largest absolute Gasteiger partial charge is 0.455 e. The first kappa shape index (κ1) is 122. The molecule has 6 saturated heterocycles. The van der Waals surface area contributed by atoms with Crippen LogP contribution in [0.3, 0.4) is 0 Å². The summed E-state index contributed by atoms with van der Waals surface area (Å²) in [5.41, 5.74) is 2.57. The Balaban J connectivity index is 0.000000180. The van der Waals surface area contributed by atoms with E-state index >= 15 is 0 Å². The highest BCUT2D eigenvalue weighted by molar-refractivity contribution is 14.1. The van der Waals surface area contributed by atoms with Crippen LogP contribution in [0.25, 0.3) is 0 Å². The van der Waals surface area contributed by atoms with Crippen LogP contribution < -0.4 is 31.9 Å². The average molecular weight is 3850 g/mol. The fourth-order valence-corrected chi connectivity index (χ4v) is 33.6. The molecule has 2 aliphatic carbocycles. The molecule has 0 spiro atoms. The van der Waals surface area contributed by atoms with E-state index in [4.69, 9.17) is 28.4 Å². The minimum absolute atomic E-state index is 0.0581. The number of esters is 6. The molecule has 0 atom stereocenters. The Morgan fingerprint density at radius 3 is 0.820 bits per heavy atom. The van der Waals surface area contributed by atoms with Crippen LogP contribution in [0.15, 0.2) is 72.8 Å². The van der Waals surface area contributed by atoms with Crippen LogP contribution in [0.2, 0.25) is 0 Å². The minimum Gasteiger partial charge on any atom is -0.455 e. The Bertz CT molecular complexity index is 4950. The van der Waals surface area contributed by atoms with Gasteiger partial charge in [0, 0.05) is 147 Å². The second-order valence-electron chi connectivity index (χ2n) is 37.2. The van der Waals surface area contributed by atoms with E-state index < -0.39 is 0 Å². The van der Waals surface area contributed by atoms with Gasteiger partial charge in [0.25, 0.3) is 0 Å². The van der Waals surface area contributed by atoms with E-state index in [9.17, 15) is 28.8 Å². The molecule has 6 aromatic rings. The van der Waals surface area contributed by atoms with Gasteiger partial charge in [0.2, 0.25) is 0 Å². The fraction of sp³-hybridized carbons (Fsp3) is 0.567. The molecule has 133 heavy (non-hydrogen) atoms. The van der Waals surface area contributed by atoms with Crippen molar-refractivity contribution in [2.45, 2.75) is 249 Å². The van der Waals surface area contributed by atoms with Gasteiger partial charge in [-0.15, -0.1) is 0 Å². The van der Waals surface area contributed by atoms with Crippen molar-refractivity contribution in [2.24, 2.45) is 23.2 Å². The summed E-state index contributed by atoms with van der Waals surface area (Å²) >= 11 is 40.8. The van der Waals surface area contributed by atoms with Crippen LogP contribution in [0, 0.1) is 87.4 Å². The molecule has 8 aliphatic rings. The summed E-state index contributed by atoms with van der Waals surface area (Å²) in [4.78, 5) is 77.0. The Morgan fingerprint density at radius 1 is 0.308 bits per heavy atom. The molecule has 0 aromatic heterocycles. The topological polar surface area (TPSA) is 257 Å². The quantitative estimate of drug-likeness (QED) is 0.0181. The van der Waals surface area contributed by atoms with Gasteiger partial charge in [0.1, 0.15) is 33.6 Å². The van der Waals surface area contributed by atoms with Crippen LogP contribution in [-0.2, 0) is 28.4 Å². The van der Waals surface area contributed by atoms with Gasteiger partial charge in [-0.1, -0.05) is 93.4 Å². The number of piperidine rings is 6. The molecule has 0 amide bonds. The Morgan fingerprint density at radius 2 is 0.549 bits per heavy atom. The standard InChI is InChI=1S/C18H22I3NO2.C17H20I3NO2.2C16H20I3NO2.2C15H18I3NO2/c19-13-10-14(16(21)15(20)11-13)17(23)24-18(6-8-22-9-7-18)12-4-2-1-3-5-12;18-12-9-13(15(20)14(19)10-12)16(22)23-17(5-7-21-8-6-17)11-3-1-2-4-11;1-15(2,3)16(4-6-20-7-5-16)22-14(21)11-8-10(17)9-12(18)13(11)19;1-2-3-4-16(5-7-20-8-6-16)22-15(21)12-9-11(17)10-13(18)14(12)19;1-9(2)15(3-5-19-6-4-15)21-14(20)11-7-10(16)8-12(17)13(11)18;1-2-3-15(4-6-19-7-5-15)21-14(20)11-8-10(16)9-12(17)13(11)18/h10-12,22H,1-9H2;9-11,21H,1-8H2;8-9,20H,4-7H2,1-3H3;9-10,20H,2-8H2,1H3;7-9,19H,3-6H2,1-2H3;8-9,19H,2-7H2,1H3/p+6.